The first-order valence-electron chi connectivity index (χ1n) is 10.1. The van der Waals surface area contributed by atoms with Crippen molar-refractivity contribution < 1.29 is 23.4 Å². The number of aromatic amines is 1. The highest BCUT2D eigenvalue weighted by molar-refractivity contribution is 6.05. The van der Waals surface area contributed by atoms with Crippen LogP contribution < -0.4 is 10.1 Å². The summed E-state index contributed by atoms with van der Waals surface area (Å²) in [5.74, 6) is 0.378. The predicted molar refractivity (Wildman–Crippen MR) is 118 cm³/mol. The van der Waals surface area contributed by atoms with Gasteiger partial charge in [-0.05, 0) is 48.0 Å². The first kappa shape index (κ1) is 21.3. The molecule has 0 aliphatic carbocycles. The van der Waals surface area contributed by atoms with Crippen LogP contribution in [0.1, 0.15) is 33.8 Å². The zero-order valence-electron chi connectivity index (χ0n) is 17.2. The van der Waals surface area contributed by atoms with Crippen LogP contribution in [0.25, 0.3) is 23.1 Å². The number of halogens is 1. The molecule has 0 radical (unpaired) electrons. The fraction of sp³-hybridized carbons (Fsp3) is 0.167. The van der Waals surface area contributed by atoms with Crippen LogP contribution in [0.4, 0.5) is 4.39 Å². The number of aliphatic hydroxyl groups is 1. The summed E-state index contributed by atoms with van der Waals surface area (Å²) < 4.78 is 24.4. The number of aliphatic hydroxyl groups excluding tert-OH is 1. The van der Waals surface area contributed by atoms with Crippen LogP contribution in [0, 0.1) is 5.82 Å². The van der Waals surface area contributed by atoms with E-state index < -0.39 is 0 Å². The number of aromatic nitrogens is 2. The van der Waals surface area contributed by atoms with Crippen molar-refractivity contribution >= 4 is 29.0 Å². The van der Waals surface area contributed by atoms with Gasteiger partial charge in [0, 0.05) is 13.0 Å². The molecule has 4 aromatic rings. The number of nitrogens with zero attached hydrogens (tertiary/aromatic N) is 1. The number of nitrogens with one attached hydrogen (secondary N) is 2. The van der Waals surface area contributed by atoms with Crippen molar-refractivity contribution in [3.05, 3.63) is 83.2 Å². The maximum absolute atomic E-state index is 13.2. The van der Waals surface area contributed by atoms with E-state index in [1.165, 1.54) is 12.1 Å². The van der Waals surface area contributed by atoms with Crippen LogP contribution in [-0.4, -0.2) is 34.4 Å². The average Bonchev–Trinajstić information content (AvgIpc) is 3.47. The highest BCUT2D eigenvalue weighted by atomic mass is 19.1. The van der Waals surface area contributed by atoms with Gasteiger partial charge in [0.05, 0.1) is 41.6 Å². The largest absolute Gasteiger partial charge is 0.492 e. The summed E-state index contributed by atoms with van der Waals surface area (Å²) in [4.78, 5) is 12.9. The number of H-pyrrole nitrogens is 1. The van der Waals surface area contributed by atoms with Crippen molar-refractivity contribution in [2.24, 2.45) is 0 Å². The Kier molecular flexibility index (Phi) is 6.62. The molecule has 164 valence electrons. The molecule has 8 heteroatoms. The standard InChI is InChI=1S/C24H22FN3O4/c25-17-7-4-16(5-8-17)6-10-20-22-21(28-27-20)11-9-19(23(22)32-14-2-12-29)24(30)26-15-18-3-1-13-31-18/h1,3-11,13,29H,2,12,14-15H2,(H,26,30)(H,27,28). The van der Waals surface area contributed by atoms with Crippen molar-refractivity contribution in [1.82, 2.24) is 15.5 Å². The van der Waals surface area contributed by atoms with E-state index in [0.29, 0.717) is 40.1 Å². The van der Waals surface area contributed by atoms with Gasteiger partial charge < -0.3 is 19.6 Å². The van der Waals surface area contributed by atoms with E-state index in [1.54, 1.807) is 54.8 Å². The van der Waals surface area contributed by atoms with Crippen LogP contribution in [0.5, 0.6) is 5.75 Å². The van der Waals surface area contributed by atoms with E-state index in [-0.39, 0.29) is 31.5 Å². The molecule has 0 aliphatic heterocycles. The van der Waals surface area contributed by atoms with E-state index in [0.717, 1.165) is 5.56 Å². The second-order valence-corrected chi connectivity index (χ2v) is 7.05. The van der Waals surface area contributed by atoms with Gasteiger partial charge in [0.1, 0.15) is 17.3 Å². The highest BCUT2D eigenvalue weighted by Gasteiger charge is 2.19. The molecule has 4 rings (SSSR count). The molecule has 0 unspecified atom stereocenters. The average molecular weight is 435 g/mol. The van der Waals surface area contributed by atoms with Gasteiger partial charge in [-0.3, -0.25) is 9.89 Å². The van der Waals surface area contributed by atoms with Crippen LogP contribution in [0.3, 0.4) is 0 Å². The lowest BCUT2D eigenvalue weighted by Gasteiger charge is -2.13. The molecule has 0 fully saturated rings. The van der Waals surface area contributed by atoms with E-state index in [2.05, 4.69) is 15.5 Å². The number of ether oxygens (including phenoxy) is 1. The number of rotatable bonds is 9. The minimum absolute atomic E-state index is 0.0291. The quantitative estimate of drug-likeness (QED) is 0.343. The Hall–Kier alpha value is -3.91. The molecule has 1 amide bonds. The summed E-state index contributed by atoms with van der Waals surface area (Å²) in [6.07, 6.45) is 5.54. The third-order valence-electron chi connectivity index (χ3n) is 4.81. The Morgan fingerprint density at radius 2 is 2.03 bits per heavy atom. The molecule has 2 aromatic carbocycles. The maximum Gasteiger partial charge on any atom is 0.255 e. The van der Waals surface area contributed by atoms with Gasteiger partial charge in [-0.15, -0.1) is 0 Å². The topological polar surface area (TPSA) is 100 Å². The Morgan fingerprint density at radius 1 is 1.19 bits per heavy atom. The third-order valence-corrected chi connectivity index (χ3v) is 4.81. The van der Waals surface area contributed by atoms with Crippen molar-refractivity contribution in [2.75, 3.05) is 13.2 Å². The van der Waals surface area contributed by atoms with Gasteiger partial charge in [-0.1, -0.05) is 18.2 Å². The molecule has 2 heterocycles. The second-order valence-electron chi connectivity index (χ2n) is 7.05. The molecule has 0 spiro atoms. The predicted octanol–water partition coefficient (Wildman–Crippen LogP) is 4.16. The molecule has 0 atom stereocenters. The van der Waals surface area contributed by atoms with Gasteiger partial charge in [-0.2, -0.15) is 5.10 Å². The van der Waals surface area contributed by atoms with Crippen molar-refractivity contribution in [3.63, 3.8) is 0 Å². The van der Waals surface area contributed by atoms with Crippen LogP contribution in [0.2, 0.25) is 0 Å². The Balaban J connectivity index is 1.68. The number of fused-ring (bicyclic) bond motifs is 1. The number of hydrogen-bond acceptors (Lipinski definition) is 5. The number of carbonyl (C=O) groups excluding carboxylic acids is 1. The van der Waals surface area contributed by atoms with E-state index >= 15 is 0 Å². The molecule has 32 heavy (non-hydrogen) atoms. The summed E-state index contributed by atoms with van der Waals surface area (Å²) in [7, 11) is 0. The molecule has 0 bridgehead atoms. The Bertz CT molecular complexity index is 1210. The van der Waals surface area contributed by atoms with Gasteiger partial charge >= 0.3 is 0 Å². The first-order chi connectivity index (χ1) is 15.7. The molecule has 0 saturated carbocycles. The number of benzene rings is 2. The lowest BCUT2D eigenvalue weighted by molar-refractivity contribution is 0.0944. The summed E-state index contributed by atoms with van der Waals surface area (Å²) in [6, 6.07) is 13.0. The lowest BCUT2D eigenvalue weighted by Crippen LogP contribution is -2.23. The maximum atomic E-state index is 13.2. The van der Waals surface area contributed by atoms with Crippen LogP contribution in [0.15, 0.2) is 59.2 Å². The van der Waals surface area contributed by atoms with Crippen molar-refractivity contribution in [1.29, 1.82) is 0 Å². The smallest absolute Gasteiger partial charge is 0.255 e. The zero-order chi connectivity index (χ0) is 22.3. The molecular weight excluding hydrogens is 413 g/mol. The lowest BCUT2D eigenvalue weighted by atomic mass is 10.1. The monoisotopic (exact) mass is 435 g/mol. The van der Waals surface area contributed by atoms with Gasteiger partial charge in [0.15, 0.2) is 0 Å². The zero-order valence-corrected chi connectivity index (χ0v) is 17.2. The van der Waals surface area contributed by atoms with Gasteiger partial charge in [0.25, 0.3) is 5.91 Å². The van der Waals surface area contributed by atoms with Gasteiger partial charge in [0.2, 0.25) is 0 Å². The number of hydrogen-bond donors (Lipinski definition) is 3. The number of amides is 1. The number of furan rings is 1. The summed E-state index contributed by atoms with van der Waals surface area (Å²) >= 11 is 0. The fourth-order valence-corrected chi connectivity index (χ4v) is 3.22. The van der Waals surface area contributed by atoms with Crippen LogP contribution in [-0.2, 0) is 6.54 Å². The highest BCUT2D eigenvalue weighted by Crippen LogP contribution is 2.33. The summed E-state index contributed by atoms with van der Waals surface area (Å²) in [5, 5.41) is 19.9. The van der Waals surface area contributed by atoms with Crippen molar-refractivity contribution in [2.45, 2.75) is 13.0 Å². The van der Waals surface area contributed by atoms with E-state index in [1.807, 2.05) is 0 Å². The molecule has 2 aromatic heterocycles. The molecular formula is C24H22FN3O4. The molecule has 0 saturated heterocycles. The molecule has 0 aliphatic rings. The first-order valence-corrected chi connectivity index (χ1v) is 10.1. The van der Waals surface area contributed by atoms with E-state index in [4.69, 9.17) is 14.3 Å². The van der Waals surface area contributed by atoms with E-state index in [9.17, 15) is 9.18 Å². The van der Waals surface area contributed by atoms with Crippen LogP contribution >= 0.6 is 0 Å². The minimum atomic E-state index is -0.322. The third kappa shape index (κ3) is 4.87. The Labute approximate surface area is 183 Å². The summed E-state index contributed by atoms with van der Waals surface area (Å²) in [6.45, 7) is 0.446. The minimum Gasteiger partial charge on any atom is -0.492 e. The second kappa shape index (κ2) is 9.93. The fourth-order valence-electron chi connectivity index (χ4n) is 3.22. The van der Waals surface area contributed by atoms with Crippen molar-refractivity contribution in [3.8, 4) is 5.75 Å². The normalized spacial score (nSPS) is 11.3. The summed E-state index contributed by atoms with van der Waals surface area (Å²) in [5.41, 5.74) is 2.42. The molecule has 3 N–H and O–H groups in total. The Morgan fingerprint density at radius 3 is 2.78 bits per heavy atom. The SMILES string of the molecule is O=C(NCc1ccco1)c1ccc2[nH]nc(C=Cc3ccc(F)cc3)c2c1OCCCO. The molecule has 7 nitrogen and oxygen atoms in total. The number of carbonyl (C=O) groups is 1. The van der Waals surface area contributed by atoms with Gasteiger partial charge in [-0.25, -0.2) is 4.39 Å².